The fourth-order valence-electron chi connectivity index (χ4n) is 2.74. The van der Waals surface area contributed by atoms with Gasteiger partial charge in [0.2, 0.25) is 0 Å². The van der Waals surface area contributed by atoms with Gasteiger partial charge in [-0.05, 0) is 26.8 Å². The van der Waals surface area contributed by atoms with E-state index in [0.717, 1.165) is 42.9 Å². The van der Waals surface area contributed by atoms with Crippen LogP contribution in [0.15, 0.2) is 12.3 Å². The van der Waals surface area contributed by atoms with Gasteiger partial charge in [0, 0.05) is 37.9 Å². The number of nitrogens with zero attached hydrogens (tertiary/aromatic N) is 4. The lowest BCUT2D eigenvalue weighted by Gasteiger charge is -2.27. The Kier molecular flexibility index (Phi) is 3.63. The van der Waals surface area contributed by atoms with Gasteiger partial charge in [-0.3, -0.25) is 4.79 Å². The van der Waals surface area contributed by atoms with Crippen LogP contribution in [0.4, 0.5) is 0 Å². The zero-order chi connectivity index (χ0) is 15.0. The molecule has 0 spiro atoms. The van der Waals surface area contributed by atoms with Crippen molar-refractivity contribution in [3.05, 3.63) is 23.5 Å². The number of pyridine rings is 1. The zero-order valence-electron chi connectivity index (χ0n) is 12.8. The van der Waals surface area contributed by atoms with Crippen molar-refractivity contribution in [3.63, 3.8) is 0 Å². The SMILES string of the molecule is Cc1cc(C(=O)N2CCNCC2)c2cnn(C(C)C)c2n1. The van der Waals surface area contributed by atoms with E-state index in [1.165, 1.54) is 0 Å². The summed E-state index contributed by atoms with van der Waals surface area (Å²) in [6, 6.07) is 2.10. The lowest BCUT2D eigenvalue weighted by atomic mass is 10.1. The van der Waals surface area contributed by atoms with Gasteiger partial charge in [0.25, 0.3) is 5.91 Å². The Hall–Kier alpha value is -1.95. The lowest BCUT2D eigenvalue weighted by Crippen LogP contribution is -2.46. The Morgan fingerprint density at radius 1 is 1.33 bits per heavy atom. The van der Waals surface area contributed by atoms with E-state index < -0.39 is 0 Å². The van der Waals surface area contributed by atoms with E-state index in [1.54, 1.807) is 6.20 Å². The summed E-state index contributed by atoms with van der Waals surface area (Å²) in [6.45, 7) is 9.25. The molecule has 6 heteroatoms. The highest BCUT2D eigenvalue weighted by Gasteiger charge is 2.22. The molecule has 0 aliphatic carbocycles. The molecule has 3 rings (SSSR count). The number of hydrogen-bond acceptors (Lipinski definition) is 4. The minimum absolute atomic E-state index is 0.0790. The maximum atomic E-state index is 12.8. The van der Waals surface area contributed by atoms with Crippen LogP contribution in [-0.4, -0.2) is 51.8 Å². The molecule has 1 amide bonds. The monoisotopic (exact) mass is 287 g/mol. The first-order valence-electron chi connectivity index (χ1n) is 7.43. The number of hydrogen-bond donors (Lipinski definition) is 1. The molecule has 0 radical (unpaired) electrons. The Bertz CT molecular complexity index is 670. The predicted molar refractivity (Wildman–Crippen MR) is 81.4 cm³/mol. The molecule has 1 N–H and O–H groups in total. The highest BCUT2D eigenvalue weighted by Crippen LogP contribution is 2.22. The van der Waals surface area contributed by atoms with E-state index in [0.29, 0.717) is 5.56 Å². The van der Waals surface area contributed by atoms with Crippen LogP contribution in [0.25, 0.3) is 11.0 Å². The summed E-state index contributed by atoms with van der Waals surface area (Å²) in [6.07, 6.45) is 1.76. The van der Waals surface area contributed by atoms with Gasteiger partial charge in [-0.2, -0.15) is 5.10 Å². The van der Waals surface area contributed by atoms with Gasteiger partial charge in [-0.15, -0.1) is 0 Å². The topological polar surface area (TPSA) is 63.1 Å². The van der Waals surface area contributed by atoms with E-state index in [4.69, 9.17) is 0 Å². The predicted octanol–water partition coefficient (Wildman–Crippen LogP) is 1.37. The quantitative estimate of drug-likeness (QED) is 0.906. The second kappa shape index (κ2) is 5.44. The van der Waals surface area contributed by atoms with Crippen LogP contribution in [-0.2, 0) is 0 Å². The summed E-state index contributed by atoms with van der Waals surface area (Å²) >= 11 is 0. The number of carbonyl (C=O) groups excluding carboxylic acids is 1. The maximum absolute atomic E-state index is 12.8. The molecule has 0 aromatic carbocycles. The van der Waals surface area contributed by atoms with Crippen LogP contribution in [0.1, 0.15) is 35.9 Å². The van der Waals surface area contributed by atoms with Gasteiger partial charge in [-0.25, -0.2) is 9.67 Å². The molecule has 1 aliphatic heterocycles. The number of carbonyl (C=O) groups is 1. The average molecular weight is 287 g/mol. The van der Waals surface area contributed by atoms with Gasteiger partial charge in [0.15, 0.2) is 5.65 Å². The van der Waals surface area contributed by atoms with Gasteiger partial charge in [-0.1, -0.05) is 0 Å². The molecule has 6 nitrogen and oxygen atoms in total. The summed E-state index contributed by atoms with van der Waals surface area (Å²) in [5.74, 6) is 0.0790. The molecule has 2 aromatic rings. The van der Waals surface area contributed by atoms with Gasteiger partial charge in [0.1, 0.15) is 0 Å². The van der Waals surface area contributed by atoms with Gasteiger partial charge < -0.3 is 10.2 Å². The first-order chi connectivity index (χ1) is 10.1. The number of rotatable bonds is 2. The van der Waals surface area contributed by atoms with Gasteiger partial charge in [0.05, 0.1) is 17.1 Å². The first kappa shape index (κ1) is 14.0. The number of amides is 1. The molecule has 0 bridgehead atoms. The minimum atomic E-state index is 0.0790. The van der Waals surface area contributed by atoms with E-state index in [-0.39, 0.29) is 11.9 Å². The van der Waals surface area contributed by atoms with Crippen LogP contribution in [0.5, 0.6) is 0 Å². The Labute approximate surface area is 124 Å². The van der Waals surface area contributed by atoms with Crippen molar-refractivity contribution in [1.82, 2.24) is 25.0 Å². The largest absolute Gasteiger partial charge is 0.336 e. The summed E-state index contributed by atoms with van der Waals surface area (Å²) in [7, 11) is 0. The Balaban J connectivity index is 2.07. The molecule has 0 unspecified atom stereocenters. The van der Waals surface area contributed by atoms with Crippen molar-refractivity contribution in [1.29, 1.82) is 0 Å². The molecule has 2 aromatic heterocycles. The number of fused-ring (bicyclic) bond motifs is 1. The molecular formula is C15H21N5O. The van der Waals surface area contributed by atoms with Crippen molar-refractivity contribution in [2.75, 3.05) is 26.2 Å². The first-order valence-corrected chi connectivity index (χ1v) is 7.43. The summed E-state index contributed by atoms with van der Waals surface area (Å²) in [5.41, 5.74) is 2.36. The average Bonchev–Trinajstić information content (AvgIpc) is 2.90. The third kappa shape index (κ3) is 2.51. The van der Waals surface area contributed by atoms with Gasteiger partial charge >= 0.3 is 0 Å². The van der Waals surface area contributed by atoms with Crippen molar-refractivity contribution < 1.29 is 4.79 Å². The summed E-state index contributed by atoms with van der Waals surface area (Å²) in [4.78, 5) is 19.2. The molecule has 1 fully saturated rings. The molecule has 1 aliphatic rings. The smallest absolute Gasteiger partial charge is 0.254 e. The zero-order valence-corrected chi connectivity index (χ0v) is 12.8. The van der Waals surface area contributed by atoms with Crippen molar-refractivity contribution in [2.24, 2.45) is 0 Å². The molecule has 112 valence electrons. The van der Waals surface area contributed by atoms with E-state index in [9.17, 15) is 4.79 Å². The highest BCUT2D eigenvalue weighted by atomic mass is 16.2. The third-order valence-electron chi connectivity index (χ3n) is 3.82. The van der Waals surface area contributed by atoms with Crippen LogP contribution < -0.4 is 5.32 Å². The highest BCUT2D eigenvalue weighted by molar-refractivity contribution is 6.05. The van der Waals surface area contributed by atoms with Crippen LogP contribution >= 0.6 is 0 Å². The summed E-state index contributed by atoms with van der Waals surface area (Å²) < 4.78 is 1.87. The Morgan fingerprint density at radius 3 is 2.71 bits per heavy atom. The van der Waals surface area contributed by atoms with Crippen LogP contribution in [0.3, 0.4) is 0 Å². The van der Waals surface area contributed by atoms with E-state index in [1.807, 2.05) is 22.6 Å². The molecule has 0 saturated carbocycles. The minimum Gasteiger partial charge on any atom is -0.336 e. The van der Waals surface area contributed by atoms with Crippen LogP contribution in [0, 0.1) is 6.92 Å². The van der Waals surface area contributed by atoms with E-state index in [2.05, 4.69) is 29.2 Å². The molecule has 1 saturated heterocycles. The van der Waals surface area contributed by atoms with Crippen molar-refractivity contribution in [2.45, 2.75) is 26.8 Å². The van der Waals surface area contributed by atoms with Crippen LogP contribution in [0.2, 0.25) is 0 Å². The summed E-state index contributed by atoms with van der Waals surface area (Å²) in [5, 5.41) is 8.51. The lowest BCUT2D eigenvalue weighted by molar-refractivity contribution is 0.0737. The maximum Gasteiger partial charge on any atom is 0.254 e. The number of nitrogens with one attached hydrogen (secondary N) is 1. The van der Waals surface area contributed by atoms with E-state index >= 15 is 0 Å². The normalized spacial score (nSPS) is 15.9. The molecule has 0 atom stereocenters. The fourth-order valence-corrected chi connectivity index (χ4v) is 2.74. The molecule has 21 heavy (non-hydrogen) atoms. The second-order valence-electron chi connectivity index (χ2n) is 5.77. The number of aryl methyl sites for hydroxylation is 1. The fraction of sp³-hybridized carbons (Fsp3) is 0.533. The number of piperazine rings is 1. The standard InChI is InChI=1S/C15H21N5O/c1-10(2)20-14-13(9-17-20)12(8-11(3)18-14)15(21)19-6-4-16-5-7-19/h8-10,16H,4-7H2,1-3H3. The van der Waals surface area contributed by atoms with Crippen molar-refractivity contribution >= 4 is 16.9 Å². The molecule has 3 heterocycles. The Morgan fingerprint density at radius 2 is 2.05 bits per heavy atom. The molecular weight excluding hydrogens is 266 g/mol. The van der Waals surface area contributed by atoms with Crippen molar-refractivity contribution in [3.8, 4) is 0 Å². The number of aromatic nitrogens is 3. The second-order valence-corrected chi connectivity index (χ2v) is 5.77. The third-order valence-corrected chi connectivity index (χ3v) is 3.82.